The molecule has 3 aliphatic heterocycles. The Hall–Kier alpha value is -3.18. The van der Waals surface area contributed by atoms with Gasteiger partial charge in [0.2, 0.25) is 0 Å². The summed E-state index contributed by atoms with van der Waals surface area (Å²) in [5.74, 6) is -6.82. The Morgan fingerprint density at radius 3 is 1.94 bits per heavy atom. The van der Waals surface area contributed by atoms with Gasteiger partial charge in [0.25, 0.3) is 0 Å². The van der Waals surface area contributed by atoms with E-state index in [4.69, 9.17) is 24.7 Å². The number of rotatable bonds is 3. The average Bonchev–Trinajstić information content (AvgIpc) is 3.21. The fourth-order valence-corrected chi connectivity index (χ4v) is 8.11. The molecule has 0 spiro atoms. The number of carbonyl (C=O) groups excluding carboxylic acids is 1. The zero-order valence-electron chi connectivity index (χ0n) is 37.8. The van der Waals surface area contributed by atoms with Crippen molar-refractivity contribution in [3.63, 3.8) is 0 Å². The first-order chi connectivity index (χ1) is 30.6. The van der Waals surface area contributed by atoms with Gasteiger partial charge in [0.1, 0.15) is 18.1 Å². The zero-order valence-corrected chi connectivity index (χ0v) is 37.8. The number of aliphatic hydroxyl groups excluding tert-OH is 9. The number of carboxylic acids is 1. The molecule has 0 saturated carbocycles. The van der Waals surface area contributed by atoms with Crippen molar-refractivity contribution in [2.75, 3.05) is 0 Å². The SMILES string of the molecule is C[C@@H]1[C@H](O)[C@@H](C)/C=C/C=C/CC/C=C/C=C/C=C/C=C/[C@H](O[C@H]2O[C@@H](C)[C@H](O)[C@@H](N)[C@H]2O)C[C@@H]2OC(O)(C[C@@H](O)[C@H](O)CC[C@@H](O)C[C@@H](O)C[C@@H](O)CC(=O)O[C@H]1C)C[C@H](O)[C@H]2C(=O)O. The molecule has 2 bridgehead atoms. The summed E-state index contributed by atoms with van der Waals surface area (Å²) in [6.45, 7) is 6.78. The van der Waals surface area contributed by atoms with Crippen molar-refractivity contribution >= 4 is 11.9 Å². The van der Waals surface area contributed by atoms with Gasteiger partial charge in [0.15, 0.2) is 12.1 Å². The molecule has 0 aromatic rings. The average molecular weight is 926 g/mol. The molecule has 18 heteroatoms. The van der Waals surface area contributed by atoms with Gasteiger partial charge in [-0.25, -0.2) is 0 Å². The topological polar surface area (TPSA) is 320 Å². The van der Waals surface area contributed by atoms with Crippen molar-refractivity contribution in [2.45, 2.75) is 189 Å². The summed E-state index contributed by atoms with van der Waals surface area (Å²) in [7, 11) is 0. The Morgan fingerprint density at radius 1 is 0.692 bits per heavy atom. The number of hydrogen-bond acceptors (Lipinski definition) is 17. The quantitative estimate of drug-likeness (QED) is 0.175. The van der Waals surface area contributed by atoms with Gasteiger partial charge >= 0.3 is 11.9 Å². The van der Waals surface area contributed by atoms with E-state index in [1.807, 2.05) is 49.5 Å². The number of fused-ring (bicyclic) bond motifs is 2. The first-order valence-corrected chi connectivity index (χ1v) is 22.6. The van der Waals surface area contributed by atoms with Crippen LogP contribution in [0.15, 0.2) is 72.9 Å². The van der Waals surface area contributed by atoms with Crippen molar-refractivity contribution in [3.05, 3.63) is 72.9 Å². The van der Waals surface area contributed by atoms with Gasteiger partial charge < -0.3 is 80.9 Å². The van der Waals surface area contributed by atoms with Gasteiger partial charge in [-0.3, -0.25) is 9.59 Å². The molecule has 3 rings (SSSR count). The summed E-state index contributed by atoms with van der Waals surface area (Å²) in [5, 5.41) is 118. The third kappa shape index (κ3) is 18.8. The molecule has 65 heavy (non-hydrogen) atoms. The van der Waals surface area contributed by atoms with Crippen molar-refractivity contribution in [1.82, 2.24) is 0 Å². The first-order valence-electron chi connectivity index (χ1n) is 22.6. The predicted octanol–water partition coefficient (Wildman–Crippen LogP) is 0.936. The van der Waals surface area contributed by atoms with Crippen LogP contribution in [0.4, 0.5) is 0 Å². The normalized spacial score (nSPS) is 45.2. The summed E-state index contributed by atoms with van der Waals surface area (Å²) >= 11 is 0. The number of hydrogen-bond donors (Lipinski definition) is 12. The van der Waals surface area contributed by atoms with E-state index < -0.39 is 141 Å². The lowest BCUT2D eigenvalue weighted by Crippen LogP contribution is -2.61. The first kappa shape index (κ1) is 56.1. The van der Waals surface area contributed by atoms with Crippen molar-refractivity contribution < 1.29 is 84.7 Å². The number of cyclic esters (lactones) is 1. The second-order valence-corrected chi connectivity index (χ2v) is 17.8. The van der Waals surface area contributed by atoms with Crippen LogP contribution < -0.4 is 5.73 Å². The number of aliphatic hydroxyl groups is 10. The van der Waals surface area contributed by atoms with Gasteiger partial charge in [0, 0.05) is 31.1 Å². The highest BCUT2D eigenvalue weighted by atomic mass is 16.7. The Bertz CT molecular complexity index is 1620. The van der Waals surface area contributed by atoms with E-state index in [0.29, 0.717) is 0 Å². The molecule has 19 atom stereocenters. The maximum Gasteiger partial charge on any atom is 0.311 e. The lowest BCUT2D eigenvalue weighted by Gasteiger charge is -2.45. The number of esters is 1. The minimum atomic E-state index is -2.35. The maximum absolute atomic E-state index is 12.6. The Balaban J connectivity index is 1.84. The van der Waals surface area contributed by atoms with E-state index in [-0.39, 0.29) is 38.0 Å². The molecule has 3 heterocycles. The van der Waals surface area contributed by atoms with E-state index in [0.717, 1.165) is 12.8 Å². The molecule has 0 aromatic heterocycles. The Kier molecular flexibility index (Phi) is 23.8. The minimum absolute atomic E-state index is 0.138. The molecule has 3 aliphatic rings. The summed E-state index contributed by atoms with van der Waals surface area (Å²) in [6, 6.07) is -1.14. The van der Waals surface area contributed by atoms with E-state index in [1.165, 1.54) is 13.0 Å². The lowest BCUT2D eigenvalue weighted by molar-refractivity contribution is -0.310. The van der Waals surface area contributed by atoms with Crippen LogP contribution in [0.1, 0.15) is 91.9 Å². The summed E-state index contributed by atoms with van der Waals surface area (Å²) in [4.78, 5) is 25.1. The van der Waals surface area contributed by atoms with Crippen LogP contribution >= 0.6 is 0 Å². The van der Waals surface area contributed by atoms with E-state index in [2.05, 4.69) is 0 Å². The largest absolute Gasteiger partial charge is 0.481 e. The fraction of sp³-hybridized carbons (Fsp3) is 0.702. The summed E-state index contributed by atoms with van der Waals surface area (Å²) < 4.78 is 23.2. The van der Waals surface area contributed by atoms with Crippen molar-refractivity contribution in [2.24, 2.45) is 23.5 Å². The standard InChI is InChI=1S/C47H75NO17/c1-27-17-15-13-11-9-7-5-6-8-10-12-14-16-18-34(64-46-44(58)41(48)43(57)30(4)63-46)24-38-40(45(59)60)37(54)26-47(61,65-38)25-36(53)35(52)20-19-31(49)21-32(50)22-33(51)23-39(55)62-29(3)28(2)42(27)56/h5-6,8,10-18,27-38,40-44,46,49-54,56-58,61H,7,9,19-26,48H2,1-4H3,(H,59,60)/b6-5+,10-8+,13-11+,14-12+,17-15+,18-16+/t27-,28-,29-,30-,31+,32+,33+,34-,35+,36+,37-,38-,40+,41+,42+,43-,44+,46+,47?/m0/s1. The monoisotopic (exact) mass is 926 g/mol. The number of carboxylic acid groups (broad SMARTS) is 1. The molecule has 0 amide bonds. The van der Waals surface area contributed by atoms with Gasteiger partial charge in [-0.1, -0.05) is 86.8 Å². The van der Waals surface area contributed by atoms with E-state index in [1.54, 1.807) is 38.2 Å². The predicted molar refractivity (Wildman–Crippen MR) is 237 cm³/mol. The van der Waals surface area contributed by atoms with Crippen LogP contribution in [-0.4, -0.2) is 166 Å². The van der Waals surface area contributed by atoms with Crippen LogP contribution in [0.25, 0.3) is 0 Å². The molecule has 2 saturated heterocycles. The molecule has 370 valence electrons. The van der Waals surface area contributed by atoms with Crippen LogP contribution in [0, 0.1) is 17.8 Å². The summed E-state index contributed by atoms with van der Waals surface area (Å²) in [6.07, 6.45) is 2.28. The number of aliphatic carboxylic acids is 1. The molecular weight excluding hydrogens is 851 g/mol. The van der Waals surface area contributed by atoms with E-state index >= 15 is 0 Å². The molecule has 0 radical (unpaired) electrons. The molecular formula is C47H75NO17. The van der Waals surface area contributed by atoms with Crippen LogP contribution in [0.2, 0.25) is 0 Å². The van der Waals surface area contributed by atoms with Crippen LogP contribution in [-0.2, 0) is 28.5 Å². The second kappa shape index (κ2) is 27.6. The number of nitrogens with two attached hydrogens (primary N) is 1. The van der Waals surface area contributed by atoms with Crippen molar-refractivity contribution in [3.8, 4) is 0 Å². The molecule has 0 aliphatic carbocycles. The molecule has 18 nitrogen and oxygen atoms in total. The molecule has 1 unspecified atom stereocenters. The van der Waals surface area contributed by atoms with Gasteiger partial charge in [-0.15, -0.1) is 0 Å². The number of ether oxygens (including phenoxy) is 4. The van der Waals surface area contributed by atoms with Gasteiger partial charge in [-0.05, 0) is 52.4 Å². The zero-order chi connectivity index (χ0) is 48.4. The van der Waals surface area contributed by atoms with Crippen LogP contribution in [0.3, 0.4) is 0 Å². The Labute approximate surface area is 381 Å². The number of allylic oxidation sites excluding steroid dienone is 10. The third-order valence-electron chi connectivity index (χ3n) is 12.2. The summed E-state index contributed by atoms with van der Waals surface area (Å²) in [5.41, 5.74) is 6.02. The molecule has 13 N–H and O–H groups in total. The Morgan fingerprint density at radius 2 is 1.28 bits per heavy atom. The second-order valence-electron chi connectivity index (χ2n) is 17.8. The third-order valence-corrected chi connectivity index (χ3v) is 12.2. The van der Waals surface area contributed by atoms with E-state index in [9.17, 15) is 65.8 Å². The highest BCUT2D eigenvalue weighted by Crippen LogP contribution is 2.38. The smallest absolute Gasteiger partial charge is 0.311 e. The molecule has 2 fully saturated rings. The maximum atomic E-state index is 12.6. The lowest BCUT2D eigenvalue weighted by atomic mass is 9.82. The highest BCUT2D eigenvalue weighted by Gasteiger charge is 2.51. The van der Waals surface area contributed by atoms with Crippen molar-refractivity contribution in [1.29, 1.82) is 0 Å². The molecule has 0 aromatic carbocycles. The van der Waals surface area contributed by atoms with Crippen LogP contribution in [0.5, 0.6) is 0 Å². The minimum Gasteiger partial charge on any atom is -0.481 e. The highest BCUT2D eigenvalue weighted by molar-refractivity contribution is 5.71. The van der Waals surface area contributed by atoms with Gasteiger partial charge in [-0.2, -0.15) is 0 Å². The van der Waals surface area contributed by atoms with Gasteiger partial charge in [0.05, 0.1) is 79.6 Å². The fourth-order valence-electron chi connectivity index (χ4n) is 8.11. The number of carbonyl (C=O) groups is 2.